The van der Waals surface area contributed by atoms with Gasteiger partial charge in [-0.15, -0.1) is 0 Å². The van der Waals surface area contributed by atoms with Crippen molar-refractivity contribution in [2.45, 2.75) is 18.6 Å². The highest BCUT2D eigenvalue weighted by atomic mass is 35.5. The summed E-state index contributed by atoms with van der Waals surface area (Å²) in [6, 6.07) is 13.4. The fraction of sp³-hybridized carbons (Fsp3) is 0.300. The number of halogens is 1. The van der Waals surface area contributed by atoms with Crippen LogP contribution in [0.25, 0.3) is 0 Å². The van der Waals surface area contributed by atoms with E-state index in [0.29, 0.717) is 29.1 Å². The Balaban J connectivity index is 1.61. The van der Waals surface area contributed by atoms with E-state index in [1.807, 2.05) is 0 Å². The highest BCUT2D eigenvalue weighted by Gasteiger charge is 2.31. The van der Waals surface area contributed by atoms with Crippen molar-refractivity contribution < 1.29 is 18.0 Å². The van der Waals surface area contributed by atoms with Crippen molar-refractivity contribution in [1.29, 1.82) is 0 Å². The Bertz CT molecular complexity index is 1020. The van der Waals surface area contributed by atoms with E-state index in [2.05, 4.69) is 5.32 Å². The molecule has 0 unspecified atom stereocenters. The number of carbonyl (C=O) groups excluding carboxylic acids is 2. The van der Waals surface area contributed by atoms with Gasteiger partial charge in [0.05, 0.1) is 17.0 Å². The molecular formula is C20H22ClN3O4S. The number of hydrogen-bond acceptors (Lipinski definition) is 4. The van der Waals surface area contributed by atoms with Gasteiger partial charge in [-0.25, -0.2) is 12.7 Å². The van der Waals surface area contributed by atoms with Crippen molar-refractivity contribution in [2.24, 2.45) is 11.7 Å². The van der Waals surface area contributed by atoms with Crippen LogP contribution >= 0.6 is 11.6 Å². The fourth-order valence-electron chi connectivity index (χ4n) is 3.34. The van der Waals surface area contributed by atoms with Crippen molar-refractivity contribution in [1.82, 2.24) is 4.31 Å². The van der Waals surface area contributed by atoms with Gasteiger partial charge < -0.3 is 11.1 Å². The number of rotatable bonds is 6. The number of sulfonamides is 1. The van der Waals surface area contributed by atoms with Gasteiger partial charge >= 0.3 is 0 Å². The number of benzene rings is 2. The van der Waals surface area contributed by atoms with Gasteiger partial charge in [-0.1, -0.05) is 41.9 Å². The number of para-hydroxylation sites is 1. The lowest BCUT2D eigenvalue weighted by Crippen LogP contribution is -2.42. The minimum Gasteiger partial charge on any atom is -0.366 e. The zero-order chi connectivity index (χ0) is 21.0. The van der Waals surface area contributed by atoms with Crippen LogP contribution in [0.1, 0.15) is 28.8 Å². The van der Waals surface area contributed by atoms with Crippen LogP contribution < -0.4 is 11.1 Å². The maximum absolute atomic E-state index is 12.7. The van der Waals surface area contributed by atoms with Gasteiger partial charge in [-0.05, 0) is 36.6 Å². The van der Waals surface area contributed by atoms with Crippen molar-refractivity contribution in [3.63, 3.8) is 0 Å². The number of anilines is 1. The number of nitrogens with two attached hydrogens (primary N) is 1. The number of nitrogens with one attached hydrogen (secondary N) is 1. The Morgan fingerprint density at radius 2 is 1.69 bits per heavy atom. The molecule has 29 heavy (non-hydrogen) atoms. The highest BCUT2D eigenvalue weighted by Crippen LogP contribution is 2.25. The van der Waals surface area contributed by atoms with E-state index in [1.54, 1.807) is 48.5 Å². The van der Waals surface area contributed by atoms with Gasteiger partial charge in [0.25, 0.3) is 5.91 Å². The monoisotopic (exact) mass is 435 g/mol. The molecule has 2 amide bonds. The summed E-state index contributed by atoms with van der Waals surface area (Å²) in [5.74, 6) is -1.39. The normalized spacial score (nSPS) is 15.8. The lowest BCUT2D eigenvalue weighted by atomic mass is 9.97. The van der Waals surface area contributed by atoms with Crippen molar-refractivity contribution in [3.05, 3.63) is 64.7 Å². The third-order valence-corrected chi connectivity index (χ3v) is 7.16. The fourth-order valence-corrected chi connectivity index (χ4v) is 5.22. The molecule has 1 fully saturated rings. The minimum absolute atomic E-state index is 0.171. The molecular weight excluding hydrogens is 414 g/mol. The van der Waals surface area contributed by atoms with Gasteiger partial charge in [0.2, 0.25) is 15.9 Å². The second-order valence-electron chi connectivity index (χ2n) is 6.92. The molecule has 0 radical (unpaired) electrons. The molecule has 3 rings (SSSR count). The van der Waals surface area contributed by atoms with E-state index in [-0.39, 0.29) is 36.2 Å². The Kier molecular flexibility index (Phi) is 6.56. The van der Waals surface area contributed by atoms with Crippen molar-refractivity contribution >= 4 is 39.1 Å². The lowest BCUT2D eigenvalue weighted by Gasteiger charge is -2.30. The topological polar surface area (TPSA) is 110 Å². The molecule has 7 nitrogen and oxygen atoms in total. The van der Waals surface area contributed by atoms with Gasteiger partial charge in [0.1, 0.15) is 0 Å². The molecule has 1 heterocycles. The Labute approximate surface area is 174 Å². The Morgan fingerprint density at radius 1 is 1.07 bits per heavy atom. The molecule has 1 saturated heterocycles. The average molecular weight is 436 g/mol. The molecule has 1 aliphatic heterocycles. The summed E-state index contributed by atoms with van der Waals surface area (Å²) in [4.78, 5) is 24.1. The summed E-state index contributed by atoms with van der Waals surface area (Å²) in [6.45, 7) is 0.505. The van der Waals surface area contributed by atoms with E-state index in [0.717, 1.165) is 0 Å². The zero-order valence-corrected chi connectivity index (χ0v) is 17.2. The first-order chi connectivity index (χ1) is 13.8. The number of carbonyl (C=O) groups is 2. The molecule has 0 aliphatic carbocycles. The summed E-state index contributed by atoms with van der Waals surface area (Å²) in [5, 5.41) is 3.15. The molecule has 154 valence electrons. The predicted molar refractivity (Wildman–Crippen MR) is 112 cm³/mol. The first-order valence-electron chi connectivity index (χ1n) is 9.19. The second-order valence-corrected chi connectivity index (χ2v) is 9.30. The maximum atomic E-state index is 12.7. The molecule has 3 N–H and O–H groups in total. The molecule has 2 aromatic rings. The molecule has 0 spiro atoms. The predicted octanol–water partition coefficient (Wildman–Crippen LogP) is 2.62. The summed E-state index contributed by atoms with van der Waals surface area (Å²) in [7, 11) is -3.53. The SMILES string of the molecule is NC(=O)c1ccccc1NC(=O)C1CCN(S(=O)(=O)Cc2ccccc2Cl)CC1. The van der Waals surface area contributed by atoms with E-state index < -0.39 is 15.9 Å². The summed E-state index contributed by atoms with van der Waals surface area (Å²) in [6.07, 6.45) is 0.790. The van der Waals surface area contributed by atoms with Crippen LogP contribution in [0, 0.1) is 5.92 Å². The highest BCUT2D eigenvalue weighted by molar-refractivity contribution is 7.88. The Morgan fingerprint density at radius 3 is 2.34 bits per heavy atom. The van der Waals surface area contributed by atoms with E-state index in [4.69, 9.17) is 17.3 Å². The summed E-state index contributed by atoms with van der Waals surface area (Å²) < 4.78 is 26.8. The number of nitrogens with zero attached hydrogens (tertiary/aromatic N) is 1. The van der Waals surface area contributed by atoms with Crippen LogP contribution in [-0.2, 0) is 20.6 Å². The molecule has 0 aromatic heterocycles. The number of piperidine rings is 1. The molecule has 2 aromatic carbocycles. The molecule has 0 atom stereocenters. The van der Waals surface area contributed by atoms with Crippen LogP contribution in [0.15, 0.2) is 48.5 Å². The summed E-state index contributed by atoms with van der Waals surface area (Å²) in [5.41, 5.74) is 6.49. The third-order valence-electron chi connectivity index (χ3n) is 4.96. The van der Waals surface area contributed by atoms with Crippen LogP contribution in [0.2, 0.25) is 5.02 Å². The van der Waals surface area contributed by atoms with E-state index in [9.17, 15) is 18.0 Å². The molecule has 0 saturated carbocycles. The van der Waals surface area contributed by atoms with E-state index in [1.165, 1.54) is 4.31 Å². The number of primary amides is 1. The standard InChI is InChI=1S/C20H22ClN3O4S/c21-17-7-3-1-5-15(17)13-29(27,28)24-11-9-14(10-12-24)20(26)23-18-8-4-2-6-16(18)19(22)25/h1-8,14H,9-13H2,(H2,22,25)(H,23,26). The Hall–Kier alpha value is -2.42. The minimum atomic E-state index is -3.53. The molecule has 0 bridgehead atoms. The van der Waals surface area contributed by atoms with Crippen LogP contribution in [0.4, 0.5) is 5.69 Å². The van der Waals surface area contributed by atoms with E-state index >= 15 is 0 Å². The lowest BCUT2D eigenvalue weighted by molar-refractivity contribution is -0.120. The number of amides is 2. The van der Waals surface area contributed by atoms with Crippen LogP contribution in [0.5, 0.6) is 0 Å². The van der Waals surface area contributed by atoms with Crippen LogP contribution in [0.3, 0.4) is 0 Å². The largest absolute Gasteiger partial charge is 0.366 e. The first kappa shape index (κ1) is 21.3. The smallest absolute Gasteiger partial charge is 0.250 e. The van der Waals surface area contributed by atoms with Gasteiger partial charge in [0.15, 0.2) is 0 Å². The van der Waals surface area contributed by atoms with Crippen molar-refractivity contribution in [3.8, 4) is 0 Å². The molecule has 1 aliphatic rings. The summed E-state index contributed by atoms with van der Waals surface area (Å²) >= 11 is 6.08. The third kappa shape index (κ3) is 5.14. The first-order valence-corrected chi connectivity index (χ1v) is 11.2. The number of hydrogen-bond donors (Lipinski definition) is 2. The second kappa shape index (κ2) is 8.94. The van der Waals surface area contributed by atoms with Crippen LogP contribution in [-0.4, -0.2) is 37.6 Å². The van der Waals surface area contributed by atoms with Gasteiger partial charge in [0, 0.05) is 24.0 Å². The quantitative estimate of drug-likeness (QED) is 0.726. The van der Waals surface area contributed by atoms with Crippen molar-refractivity contribution in [2.75, 3.05) is 18.4 Å². The van der Waals surface area contributed by atoms with Gasteiger partial charge in [-0.3, -0.25) is 9.59 Å². The van der Waals surface area contributed by atoms with Gasteiger partial charge in [-0.2, -0.15) is 0 Å². The molecule has 9 heteroatoms. The average Bonchev–Trinajstić information content (AvgIpc) is 2.70. The zero-order valence-electron chi connectivity index (χ0n) is 15.7. The maximum Gasteiger partial charge on any atom is 0.250 e.